The fourth-order valence-electron chi connectivity index (χ4n) is 2.48. The third kappa shape index (κ3) is 4.49. The zero-order valence-electron chi connectivity index (χ0n) is 13.7. The summed E-state index contributed by atoms with van der Waals surface area (Å²) in [6.45, 7) is 0. The Morgan fingerprint density at radius 3 is 2.04 bits per heavy atom. The maximum atomic E-state index is 4.40. The van der Waals surface area contributed by atoms with E-state index in [9.17, 15) is 0 Å². The number of benzene rings is 2. The molecule has 4 heteroatoms. The molecule has 26 heavy (non-hydrogen) atoms. The van der Waals surface area contributed by atoms with Gasteiger partial charge in [-0.1, -0.05) is 34.9 Å². The molecule has 0 atom stereocenters. The molecule has 0 saturated carbocycles. The van der Waals surface area contributed by atoms with Crippen LogP contribution in [0.3, 0.4) is 0 Å². The molecule has 4 rings (SSSR count). The fraction of sp³-hybridized carbons (Fsp3) is 0. The van der Waals surface area contributed by atoms with Crippen LogP contribution < -0.4 is 0 Å². The van der Waals surface area contributed by atoms with Crippen molar-refractivity contribution in [1.29, 1.82) is 0 Å². The van der Waals surface area contributed by atoms with Crippen LogP contribution in [0.4, 0.5) is 0 Å². The van der Waals surface area contributed by atoms with E-state index in [0.717, 1.165) is 32.3 Å². The standard InChI is InChI=1S/C22H14N2S.Pt/c1-3-13-23-21(11-1)19-9-5-7-17(15-19)18-8-6-10-20(16-18)25-22-12-2-4-14-24-22;/h1-14H;/q-2;+2. The van der Waals surface area contributed by atoms with Gasteiger partial charge < -0.3 is 0 Å². The molecule has 2 nitrogen and oxygen atoms in total. The Morgan fingerprint density at radius 2 is 1.31 bits per heavy atom. The van der Waals surface area contributed by atoms with Crippen molar-refractivity contribution < 1.29 is 21.1 Å². The van der Waals surface area contributed by atoms with Crippen LogP contribution in [0.1, 0.15) is 0 Å². The minimum Gasteiger partial charge on any atom is -0.295 e. The van der Waals surface area contributed by atoms with Gasteiger partial charge in [-0.15, -0.1) is 23.8 Å². The topological polar surface area (TPSA) is 25.8 Å². The first kappa shape index (κ1) is 18.6. The van der Waals surface area contributed by atoms with E-state index in [4.69, 9.17) is 0 Å². The van der Waals surface area contributed by atoms with Gasteiger partial charge in [-0.3, -0.25) is 4.98 Å². The summed E-state index contributed by atoms with van der Waals surface area (Å²) in [6.07, 6.45) is 3.60. The molecule has 0 saturated heterocycles. The normalized spacial score (nSPS) is 10.2. The summed E-state index contributed by atoms with van der Waals surface area (Å²) in [5, 5.41) is 0.960. The van der Waals surface area contributed by atoms with Gasteiger partial charge in [0.05, 0.1) is 5.03 Å². The zero-order valence-corrected chi connectivity index (χ0v) is 16.8. The summed E-state index contributed by atoms with van der Waals surface area (Å²) in [4.78, 5) is 9.80. The molecule has 0 spiro atoms. The Hall–Kier alpha value is -2.22. The second kappa shape index (κ2) is 8.93. The van der Waals surface area contributed by atoms with Crippen LogP contribution in [0.2, 0.25) is 0 Å². The van der Waals surface area contributed by atoms with Gasteiger partial charge in [0.1, 0.15) is 0 Å². The largest absolute Gasteiger partial charge is 2.00 e. The Labute approximate surface area is 172 Å². The number of pyridine rings is 2. The summed E-state index contributed by atoms with van der Waals surface area (Å²) < 4.78 is 0. The van der Waals surface area contributed by atoms with Crippen molar-refractivity contribution in [3.8, 4) is 22.4 Å². The summed E-state index contributed by atoms with van der Waals surface area (Å²) >= 11 is 1.60. The van der Waals surface area contributed by atoms with Crippen LogP contribution >= 0.6 is 11.8 Å². The molecule has 0 N–H and O–H groups in total. The monoisotopic (exact) mass is 533 g/mol. The maximum Gasteiger partial charge on any atom is 2.00 e. The molecular formula is C22H14N2PtS. The molecule has 0 aliphatic carbocycles. The summed E-state index contributed by atoms with van der Waals surface area (Å²) in [7, 11) is 0. The van der Waals surface area contributed by atoms with Crippen LogP contribution in [0, 0.1) is 12.1 Å². The van der Waals surface area contributed by atoms with E-state index in [-0.39, 0.29) is 21.1 Å². The van der Waals surface area contributed by atoms with Crippen LogP contribution in [-0.4, -0.2) is 9.97 Å². The van der Waals surface area contributed by atoms with Crippen LogP contribution in [-0.2, 0) is 21.1 Å². The van der Waals surface area contributed by atoms with E-state index in [1.165, 1.54) is 0 Å². The van der Waals surface area contributed by atoms with Crippen LogP contribution in [0.5, 0.6) is 0 Å². The van der Waals surface area contributed by atoms with Gasteiger partial charge >= 0.3 is 21.1 Å². The summed E-state index contributed by atoms with van der Waals surface area (Å²) in [6, 6.07) is 31.0. The minimum atomic E-state index is 0. The van der Waals surface area contributed by atoms with E-state index >= 15 is 0 Å². The molecule has 128 valence electrons. The van der Waals surface area contributed by atoms with Crippen molar-refractivity contribution in [3.05, 3.63) is 97.3 Å². The molecule has 0 fully saturated rings. The van der Waals surface area contributed by atoms with E-state index < -0.39 is 0 Å². The second-order valence-electron chi connectivity index (χ2n) is 5.39. The predicted molar refractivity (Wildman–Crippen MR) is 101 cm³/mol. The van der Waals surface area contributed by atoms with Crippen molar-refractivity contribution in [2.45, 2.75) is 9.92 Å². The minimum absolute atomic E-state index is 0. The van der Waals surface area contributed by atoms with Gasteiger partial charge in [0, 0.05) is 18.1 Å². The first-order valence-corrected chi connectivity index (χ1v) is 8.75. The molecule has 2 aromatic carbocycles. The zero-order chi connectivity index (χ0) is 16.9. The number of hydrogen-bond donors (Lipinski definition) is 0. The third-order valence-corrected chi connectivity index (χ3v) is 4.56. The van der Waals surface area contributed by atoms with Gasteiger partial charge in [0.2, 0.25) is 0 Å². The van der Waals surface area contributed by atoms with Gasteiger partial charge in [0.15, 0.2) is 0 Å². The molecule has 4 aromatic rings. The van der Waals surface area contributed by atoms with Crippen LogP contribution in [0.25, 0.3) is 22.4 Å². The average Bonchev–Trinajstić information content (AvgIpc) is 2.70. The van der Waals surface area contributed by atoms with Crippen molar-refractivity contribution in [2.24, 2.45) is 0 Å². The number of aromatic nitrogens is 2. The summed E-state index contributed by atoms with van der Waals surface area (Å²) in [5.74, 6) is 0. The molecule has 0 unspecified atom stereocenters. The van der Waals surface area contributed by atoms with E-state index in [1.54, 1.807) is 24.2 Å². The molecule has 0 aliphatic heterocycles. The predicted octanol–water partition coefficient (Wildman–Crippen LogP) is 5.56. The fourth-order valence-corrected chi connectivity index (χ4v) is 3.28. The first-order valence-electron chi connectivity index (χ1n) is 7.94. The van der Waals surface area contributed by atoms with Gasteiger partial charge in [-0.05, 0) is 18.2 Å². The Bertz CT molecular complexity index is 975. The molecule has 0 bridgehead atoms. The quantitative estimate of drug-likeness (QED) is 0.322. The number of rotatable bonds is 4. The Kier molecular flexibility index (Phi) is 6.38. The van der Waals surface area contributed by atoms with Crippen molar-refractivity contribution in [2.75, 3.05) is 0 Å². The smallest absolute Gasteiger partial charge is 0.295 e. The van der Waals surface area contributed by atoms with Gasteiger partial charge in [-0.2, -0.15) is 35.9 Å². The third-order valence-electron chi connectivity index (χ3n) is 3.65. The van der Waals surface area contributed by atoms with Gasteiger partial charge in [0.25, 0.3) is 0 Å². The van der Waals surface area contributed by atoms with Crippen LogP contribution in [0.15, 0.2) is 95.1 Å². The van der Waals surface area contributed by atoms with Crippen molar-refractivity contribution >= 4 is 11.8 Å². The van der Waals surface area contributed by atoms with E-state index in [1.807, 2.05) is 66.7 Å². The van der Waals surface area contributed by atoms with E-state index in [0.29, 0.717) is 0 Å². The van der Waals surface area contributed by atoms with Crippen molar-refractivity contribution in [3.63, 3.8) is 0 Å². The molecule has 2 heterocycles. The Balaban J connectivity index is 0.00000196. The molecule has 0 amide bonds. The number of hydrogen-bond acceptors (Lipinski definition) is 3. The summed E-state index contributed by atoms with van der Waals surface area (Å²) in [5.41, 5.74) is 3.92. The molecule has 0 aliphatic rings. The first-order chi connectivity index (χ1) is 12.4. The SMILES string of the molecule is [Pt+2].[c-]1c(Sc2ccccn2)cccc1-c1[c-]c(-c2ccccn2)ccc1. The maximum absolute atomic E-state index is 4.40. The molecule has 0 radical (unpaired) electrons. The molecular weight excluding hydrogens is 519 g/mol. The number of nitrogens with zero attached hydrogens (tertiary/aromatic N) is 2. The molecule has 2 aromatic heterocycles. The van der Waals surface area contributed by atoms with Gasteiger partial charge in [-0.25, -0.2) is 10.5 Å². The second-order valence-corrected chi connectivity index (χ2v) is 6.45. The Morgan fingerprint density at radius 1 is 0.615 bits per heavy atom. The van der Waals surface area contributed by atoms with Crippen molar-refractivity contribution in [1.82, 2.24) is 9.97 Å². The van der Waals surface area contributed by atoms with E-state index in [2.05, 4.69) is 28.2 Å². The average molecular weight is 534 g/mol.